The van der Waals surface area contributed by atoms with Gasteiger partial charge in [-0.05, 0) is 44.2 Å². The molecule has 1 aromatic rings. The Balaban J connectivity index is 1.93. The number of methoxy groups -OCH3 is 1. The predicted molar refractivity (Wildman–Crippen MR) is 97.9 cm³/mol. The van der Waals surface area contributed by atoms with E-state index >= 15 is 0 Å². The third-order valence-corrected chi connectivity index (χ3v) is 6.06. The molecule has 25 heavy (non-hydrogen) atoms. The number of hydrogen-bond acceptors (Lipinski definition) is 4. The van der Waals surface area contributed by atoms with E-state index in [1.165, 1.54) is 43.3 Å². The molecule has 1 N–H and O–H groups in total. The molecule has 3 aliphatic rings. The number of carbonyl (C=O) groups is 1. The van der Waals surface area contributed by atoms with E-state index in [0.717, 1.165) is 32.2 Å². The van der Waals surface area contributed by atoms with E-state index in [-0.39, 0.29) is 17.4 Å². The van der Waals surface area contributed by atoms with Crippen molar-refractivity contribution < 1.29 is 9.53 Å². The van der Waals surface area contributed by atoms with Crippen LogP contribution in [0.25, 0.3) is 0 Å². The van der Waals surface area contributed by atoms with Gasteiger partial charge in [-0.1, -0.05) is 19.3 Å². The molecule has 1 unspecified atom stereocenters. The van der Waals surface area contributed by atoms with Crippen LogP contribution in [0, 0.1) is 0 Å². The number of fused-ring (bicyclic) bond motifs is 4. The number of aliphatic imine (C=N–C) groups is 1. The Labute approximate surface area is 149 Å². The Hall–Kier alpha value is -2.04. The number of hydrogen-bond donors (Lipinski definition) is 1. The lowest BCUT2D eigenvalue weighted by Crippen LogP contribution is -2.48. The molecule has 1 fully saturated rings. The summed E-state index contributed by atoms with van der Waals surface area (Å²) in [6, 6.07) is 2.10. The Morgan fingerprint density at radius 2 is 2.20 bits per heavy atom. The van der Waals surface area contributed by atoms with Gasteiger partial charge >= 0.3 is 5.97 Å². The highest BCUT2D eigenvalue weighted by atomic mass is 16.5. The summed E-state index contributed by atoms with van der Waals surface area (Å²) in [5, 5.41) is 3.87. The van der Waals surface area contributed by atoms with Gasteiger partial charge in [-0.3, -0.25) is 4.99 Å². The van der Waals surface area contributed by atoms with E-state index in [9.17, 15) is 4.79 Å². The molecular weight excluding hydrogens is 314 g/mol. The van der Waals surface area contributed by atoms with Crippen molar-refractivity contribution in [3.05, 3.63) is 34.9 Å². The summed E-state index contributed by atoms with van der Waals surface area (Å²) in [4.78, 5) is 16.9. The van der Waals surface area contributed by atoms with Crippen molar-refractivity contribution in [3.63, 3.8) is 0 Å². The summed E-state index contributed by atoms with van der Waals surface area (Å²) in [5.74, 6) is 0.0426. The maximum absolute atomic E-state index is 12.4. The summed E-state index contributed by atoms with van der Waals surface area (Å²) in [5.41, 5.74) is 4.47. The lowest BCUT2D eigenvalue weighted by atomic mass is 9.71. The average Bonchev–Trinajstić information content (AvgIpc) is 2.90. The van der Waals surface area contributed by atoms with Gasteiger partial charge in [0.2, 0.25) is 0 Å². The highest BCUT2D eigenvalue weighted by molar-refractivity contribution is 5.88. The van der Waals surface area contributed by atoms with Gasteiger partial charge in [-0.15, -0.1) is 0 Å². The number of esters is 1. The number of carbonyl (C=O) groups excluding carboxylic acids is 1. The van der Waals surface area contributed by atoms with Crippen LogP contribution in [0.5, 0.6) is 0 Å². The first-order chi connectivity index (χ1) is 12.2. The summed E-state index contributed by atoms with van der Waals surface area (Å²) < 4.78 is 7.26. The van der Waals surface area contributed by atoms with Crippen molar-refractivity contribution in [2.45, 2.75) is 69.9 Å². The molecule has 4 rings (SSSR count). The van der Waals surface area contributed by atoms with Crippen LogP contribution in [-0.2, 0) is 16.8 Å². The van der Waals surface area contributed by atoms with Crippen molar-refractivity contribution in [1.29, 1.82) is 0 Å². The van der Waals surface area contributed by atoms with Crippen molar-refractivity contribution >= 4 is 12.2 Å². The molecule has 2 aliphatic heterocycles. The topological polar surface area (TPSA) is 55.6 Å². The molecule has 3 heterocycles. The molecule has 134 valence electrons. The van der Waals surface area contributed by atoms with Crippen LogP contribution in [0.4, 0.5) is 0 Å². The summed E-state index contributed by atoms with van der Waals surface area (Å²) >= 11 is 0. The summed E-state index contributed by atoms with van der Waals surface area (Å²) in [6.07, 6.45) is 11.9. The normalized spacial score (nSPS) is 23.9. The lowest BCUT2D eigenvalue weighted by Gasteiger charge is -2.46. The van der Waals surface area contributed by atoms with E-state index in [1.807, 2.05) is 12.4 Å². The molecular formula is C20H27N3O2. The largest absolute Gasteiger partial charge is 0.464 e. The molecule has 0 amide bonds. The molecule has 1 saturated carbocycles. The van der Waals surface area contributed by atoms with Gasteiger partial charge in [0.05, 0.1) is 12.6 Å². The molecule has 0 saturated heterocycles. The van der Waals surface area contributed by atoms with E-state index in [0.29, 0.717) is 5.69 Å². The monoisotopic (exact) mass is 341 g/mol. The van der Waals surface area contributed by atoms with Gasteiger partial charge in [-0.2, -0.15) is 0 Å². The van der Waals surface area contributed by atoms with Gasteiger partial charge in [0.25, 0.3) is 0 Å². The molecule has 0 radical (unpaired) electrons. The first-order valence-electron chi connectivity index (χ1n) is 9.52. The van der Waals surface area contributed by atoms with Gasteiger partial charge in [0.15, 0.2) is 0 Å². The number of ether oxygens (including phenoxy) is 1. The van der Waals surface area contributed by atoms with Crippen LogP contribution in [0.1, 0.15) is 79.5 Å². The molecule has 1 spiro atoms. The number of aromatic nitrogens is 1. The predicted octanol–water partition coefficient (Wildman–Crippen LogP) is 3.85. The number of allylic oxidation sites excluding steroid dienone is 1. The minimum Gasteiger partial charge on any atom is -0.464 e. The standard InChI is InChI=1S/C20H27N3O2/c1-3-23-17(19(24)25-2)12-15-18(23)14-8-7-11-21-13-16(14)22-20(15)9-5-4-6-10-20/h11-14,22H,3-10H2,1-2H3. The highest BCUT2D eigenvalue weighted by Crippen LogP contribution is 2.49. The van der Waals surface area contributed by atoms with Gasteiger partial charge < -0.3 is 14.6 Å². The second kappa shape index (κ2) is 6.36. The SMILES string of the molecule is CCn1c(C(=O)OC)cc2c1C1CCC=NC=C1NC21CCCCC1. The molecule has 5 heteroatoms. The van der Waals surface area contributed by atoms with Crippen molar-refractivity contribution in [2.24, 2.45) is 4.99 Å². The highest BCUT2D eigenvalue weighted by Gasteiger charge is 2.45. The Bertz CT molecular complexity index is 738. The van der Waals surface area contributed by atoms with Crippen LogP contribution in [-0.4, -0.2) is 23.9 Å². The average molecular weight is 341 g/mol. The van der Waals surface area contributed by atoms with Crippen molar-refractivity contribution in [3.8, 4) is 0 Å². The minimum atomic E-state index is -0.238. The number of nitrogens with one attached hydrogen (secondary N) is 1. The fourth-order valence-corrected chi connectivity index (χ4v) is 4.93. The smallest absolute Gasteiger partial charge is 0.354 e. The van der Waals surface area contributed by atoms with Crippen LogP contribution in [0.3, 0.4) is 0 Å². The summed E-state index contributed by atoms with van der Waals surface area (Å²) in [6.45, 7) is 2.89. The quantitative estimate of drug-likeness (QED) is 0.831. The second-order valence-corrected chi connectivity index (χ2v) is 7.38. The van der Waals surface area contributed by atoms with E-state index < -0.39 is 0 Å². The van der Waals surface area contributed by atoms with E-state index in [1.54, 1.807) is 0 Å². The van der Waals surface area contributed by atoms with Crippen LogP contribution >= 0.6 is 0 Å². The second-order valence-electron chi connectivity index (χ2n) is 7.38. The minimum absolute atomic E-state index is 0.0566. The van der Waals surface area contributed by atoms with Gasteiger partial charge in [0.1, 0.15) is 5.69 Å². The fourth-order valence-electron chi connectivity index (χ4n) is 4.93. The molecule has 1 aliphatic carbocycles. The number of rotatable bonds is 2. The Morgan fingerprint density at radius 3 is 2.92 bits per heavy atom. The van der Waals surface area contributed by atoms with Crippen LogP contribution in [0.15, 0.2) is 23.0 Å². The molecule has 1 aromatic heterocycles. The molecule has 5 nitrogen and oxygen atoms in total. The third kappa shape index (κ3) is 2.52. The zero-order valence-electron chi connectivity index (χ0n) is 15.2. The zero-order chi connectivity index (χ0) is 17.4. The Morgan fingerprint density at radius 1 is 1.40 bits per heavy atom. The molecule has 1 atom stereocenters. The lowest BCUT2D eigenvalue weighted by molar-refractivity contribution is 0.0588. The maximum Gasteiger partial charge on any atom is 0.354 e. The van der Waals surface area contributed by atoms with Crippen molar-refractivity contribution in [1.82, 2.24) is 9.88 Å². The van der Waals surface area contributed by atoms with Gasteiger partial charge in [0, 0.05) is 36.3 Å². The number of nitrogens with zero attached hydrogens (tertiary/aromatic N) is 2. The van der Waals surface area contributed by atoms with E-state index in [2.05, 4.69) is 27.9 Å². The maximum atomic E-state index is 12.4. The first kappa shape index (κ1) is 16.4. The zero-order valence-corrected chi connectivity index (χ0v) is 15.2. The van der Waals surface area contributed by atoms with Crippen LogP contribution < -0.4 is 5.32 Å². The van der Waals surface area contributed by atoms with Gasteiger partial charge in [-0.25, -0.2) is 4.79 Å². The molecule has 0 bridgehead atoms. The summed E-state index contributed by atoms with van der Waals surface area (Å²) in [7, 11) is 1.47. The van der Waals surface area contributed by atoms with Crippen LogP contribution in [0.2, 0.25) is 0 Å². The van der Waals surface area contributed by atoms with Crippen molar-refractivity contribution in [2.75, 3.05) is 7.11 Å². The Kier molecular flexibility index (Phi) is 4.18. The fraction of sp³-hybridized carbons (Fsp3) is 0.600. The first-order valence-corrected chi connectivity index (χ1v) is 9.52. The third-order valence-electron chi connectivity index (χ3n) is 6.06. The van der Waals surface area contributed by atoms with E-state index in [4.69, 9.17) is 4.74 Å². The molecule has 0 aromatic carbocycles.